The molecule has 0 aromatic heterocycles. The zero-order valence-corrected chi connectivity index (χ0v) is 16.3. The smallest absolute Gasteiger partial charge is 0.255 e. The number of sulfonamides is 2. The molecule has 0 aliphatic carbocycles. The Morgan fingerprint density at radius 3 is 2.38 bits per heavy atom. The number of anilines is 1. The predicted octanol–water partition coefficient (Wildman–Crippen LogP) is 1.67. The van der Waals surface area contributed by atoms with E-state index in [1.807, 2.05) is 0 Å². The summed E-state index contributed by atoms with van der Waals surface area (Å²) in [4.78, 5) is -0.401. The molecule has 26 heavy (non-hydrogen) atoms. The lowest BCUT2D eigenvalue weighted by atomic mass is 10.2. The molecule has 1 atom stereocenters. The number of halogens is 1. The van der Waals surface area contributed by atoms with Crippen LogP contribution in [0.1, 0.15) is 5.56 Å². The van der Waals surface area contributed by atoms with Crippen molar-refractivity contribution in [3.05, 3.63) is 54.1 Å². The van der Waals surface area contributed by atoms with Gasteiger partial charge in [0, 0.05) is 6.54 Å². The second kappa shape index (κ2) is 8.36. The largest absolute Gasteiger partial charge is 0.390 e. The van der Waals surface area contributed by atoms with Crippen molar-refractivity contribution in [2.75, 3.05) is 17.7 Å². The van der Waals surface area contributed by atoms with E-state index in [1.165, 1.54) is 36.4 Å². The summed E-state index contributed by atoms with van der Waals surface area (Å²) in [7, 11) is -8.66. The van der Waals surface area contributed by atoms with Crippen molar-refractivity contribution < 1.29 is 21.9 Å². The zero-order chi connectivity index (χ0) is 19.4. The molecule has 142 valence electrons. The Labute approximate surface area is 158 Å². The van der Waals surface area contributed by atoms with Gasteiger partial charge in [0.25, 0.3) is 20.0 Å². The summed E-state index contributed by atoms with van der Waals surface area (Å²) in [5.41, 5.74) is 0.839. The average Bonchev–Trinajstić information content (AvgIpc) is 2.59. The highest BCUT2D eigenvalue weighted by Gasteiger charge is 2.26. The van der Waals surface area contributed by atoms with E-state index in [0.29, 0.717) is 5.56 Å². The molecule has 0 amide bonds. The van der Waals surface area contributed by atoms with Crippen LogP contribution in [0.25, 0.3) is 0 Å². The van der Waals surface area contributed by atoms with Gasteiger partial charge in [-0.05, 0) is 36.8 Å². The molecule has 1 unspecified atom stereocenters. The summed E-state index contributed by atoms with van der Waals surface area (Å²) in [6.45, 7) is 1.72. The molecule has 0 fully saturated rings. The van der Waals surface area contributed by atoms with Crippen molar-refractivity contribution in [2.24, 2.45) is 0 Å². The van der Waals surface area contributed by atoms with Gasteiger partial charge in [-0.25, -0.2) is 16.8 Å². The van der Waals surface area contributed by atoms with Crippen molar-refractivity contribution >= 4 is 37.3 Å². The maximum absolute atomic E-state index is 12.6. The maximum atomic E-state index is 12.6. The number of rotatable bonds is 8. The first-order valence-electron chi connectivity index (χ1n) is 7.58. The van der Waals surface area contributed by atoms with Gasteiger partial charge in [0.05, 0.1) is 22.6 Å². The summed E-state index contributed by atoms with van der Waals surface area (Å²) < 4.78 is 51.9. The molecule has 7 nitrogen and oxygen atoms in total. The molecule has 0 saturated carbocycles. The van der Waals surface area contributed by atoms with Gasteiger partial charge in [-0.2, -0.15) is 0 Å². The number of benzene rings is 2. The zero-order valence-electron chi connectivity index (χ0n) is 13.9. The van der Waals surface area contributed by atoms with Crippen LogP contribution >= 0.6 is 11.6 Å². The van der Waals surface area contributed by atoms with E-state index in [1.54, 1.807) is 23.2 Å². The van der Waals surface area contributed by atoms with Gasteiger partial charge in [0.2, 0.25) is 0 Å². The Morgan fingerprint density at radius 1 is 1.04 bits per heavy atom. The quantitative estimate of drug-likeness (QED) is 0.562. The van der Waals surface area contributed by atoms with E-state index in [2.05, 4.69) is 5.32 Å². The summed E-state index contributed by atoms with van der Waals surface area (Å²) in [6.07, 6.45) is -0.878. The van der Waals surface area contributed by atoms with Crippen LogP contribution in [-0.2, 0) is 20.0 Å². The molecular formula is C16H19ClN2O5S2. The van der Waals surface area contributed by atoms with Gasteiger partial charge in [-0.3, -0.25) is 0 Å². The van der Waals surface area contributed by atoms with Crippen molar-refractivity contribution in [1.29, 1.82) is 0 Å². The minimum atomic E-state index is -4.38. The van der Waals surface area contributed by atoms with Gasteiger partial charge in [0.15, 0.2) is 0 Å². The number of hydrogen-bond acceptors (Lipinski definition) is 6. The lowest BCUT2D eigenvalue weighted by Crippen LogP contribution is -2.31. The van der Waals surface area contributed by atoms with Crippen LogP contribution < -0.4 is 9.44 Å². The van der Waals surface area contributed by atoms with Crippen LogP contribution in [0.4, 0.5) is 5.69 Å². The van der Waals surface area contributed by atoms with Crippen LogP contribution in [0, 0.1) is 6.92 Å². The molecule has 0 spiro atoms. The molecule has 0 bridgehead atoms. The van der Waals surface area contributed by atoms with E-state index in [4.69, 9.17) is 11.6 Å². The van der Waals surface area contributed by atoms with Crippen molar-refractivity contribution in [3.63, 3.8) is 0 Å². The number of aryl methyl sites for hydroxylation is 1. The molecule has 10 heteroatoms. The Hall–Kier alpha value is -1.65. The Kier molecular flexibility index (Phi) is 6.64. The lowest BCUT2D eigenvalue weighted by molar-refractivity contribution is 0.211. The lowest BCUT2D eigenvalue weighted by Gasteiger charge is -2.15. The number of hydrogen-bond donors (Lipinski definition) is 3. The summed E-state index contributed by atoms with van der Waals surface area (Å²) in [5.74, 6) is -0.0259. The topological polar surface area (TPSA) is 113 Å². The fourth-order valence-electron chi connectivity index (χ4n) is 2.15. The minimum absolute atomic E-state index is 0.0145. The van der Waals surface area contributed by atoms with Crippen LogP contribution in [0.5, 0.6) is 0 Å². The first kappa shape index (κ1) is 20.7. The second-order valence-electron chi connectivity index (χ2n) is 5.59. The summed E-state index contributed by atoms with van der Waals surface area (Å²) in [5, 5.41) is 12.3. The fraction of sp³-hybridized carbons (Fsp3) is 0.250. The molecular weight excluding hydrogens is 400 g/mol. The van der Waals surface area contributed by atoms with Crippen molar-refractivity contribution in [2.45, 2.75) is 22.8 Å². The molecule has 0 saturated heterocycles. The first-order valence-corrected chi connectivity index (χ1v) is 11.1. The number of para-hydroxylation sites is 1. The molecule has 2 aromatic rings. The molecule has 2 aromatic carbocycles. The van der Waals surface area contributed by atoms with Crippen LogP contribution in [0.2, 0.25) is 0 Å². The molecule has 0 radical (unpaired) electrons. The van der Waals surface area contributed by atoms with E-state index in [0.717, 1.165) is 0 Å². The molecule has 2 rings (SSSR count). The molecule has 0 aliphatic rings. The van der Waals surface area contributed by atoms with Crippen LogP contribution in [-0.4, -0.2) is 40.5 Å². The third kappa shape index (κ3) is 5.18. The number of nitrogens with one attached hydrogen (secondary N) is 2. The number of aliphatic hydroxyl groups excluding tert-OH is 1. The Bertz CT molecular complexity index is 978. The maximum Gasteiger partial charge on any atom is 0.255 e. The SMILES string of the molecule is Cc1cccc(S(=O)(=O)NS(=O)(=O)c2ccccc2NCC(O)CCl)c1. The van der Waals surface area contributed by atoms with Gasteiger partial charge in [-0.1, -0.05) is 24.3 Å². The molecule has 0 heterocycles. The van der Waals surface area contributed by atoms with E-state index in [9.17, 15) is 21.9 Å². The highest BCUT2D eigenvalue weighted by Crippen LogP contribution is 2.22. The average molecular weight is 419 g/mol. The van der Waals surface area contributed by atoms with Gasteiger partial charge in [-0.15, -0.1) is 15.7 Å². The third-order valence-corrected chi connectivity index (χ3v) is 7.32. The Balaban J connectivity index is 2.33. The number of alkyl halides is 1. The summed E-state index contributed by atoms with van der Waals surface area (Å²) in [6, 6.07) is 11.7. The number of aliphatic hydroxyl groups is 1. The van der Waals surface area contributed by atoms with E-state index < -0.39 is 26.2 Å². The Morgan fingerprint density at radius 2 is 1.73 bits per heavy atom. The second-order valence-corrected chi connectivity index (χ2v) is 9.49. The highest BCUT2D eigenvalue weighted by molar-refractivity contribution is 8.04. The monoisotopic (exact) mass is 418 g/mol. The van der Waals surface area contributed by atoms with Gasteiger partial charge in [0.1, 0.15) is 4.90 Å². The highest BCUT2D eigenvalue weighted by atomic mass is 35.5. The van der Waals surface area contributed by atoms with E-state index >= 15 is 0 Å². The first-order chi connectivity index (χ1) is 12.2. The normalized spacial score (nSPS) is 13.3. The molecule has 3 N–H and O–H groups in total. The van der Waals surface area contributed by atoms with Crippen molar-refractivity contribution in [1.82, 2.24) is 4.13 Å². The minimum Gasteiger partial charge on any atom is -0.390 e. The van der Waals surface area contributed by atoms with Gasteiger partial charge >= 0.3 is 0 Å². The van der Waals surface area contributed by atoms with Crippen LogP contribution in [0.3, 0.4) is 0 Å². The standard InChI is InChI=1S/C16H19ClN2O5S2/c1-12-5-4-6-14(9-12)25(21,22)19-26(23,24)16-8-3-2-7-15(16)18-11-13(20)10-17/h2-9,13,18-20H,10-11H2,1H3. The van der Waals surface area contributed by atoms with E-state index in [-0.39, 0.29) is 27.9 Å². The summed E-state index contributed by atoms with van der Waals surface area (Å²) >= 11 is 5.52. The molecule has 0 aliphatic heterocycles. The van der Waals surface area contributed by atoms with Gasteiger partial charge < -0.3 is 10.4 Å². The van der Waals surface area contributed by atoms with Crippen LogP contribution in [0.15, 0.2) is 58.3 Å². The predicted molar refractivity (Wildman–Crippen MR) is 100 cm³/mol. The third-order valence-electron chi connectivity index (χ3n) is 3.40. The van der Waals surface area contributed by atoms with Crippen molar-refractivity contribution in [3.8, 4) is 0 Å². The fourth-order valence-corrected chi connectivity index (χ4v) is 5.44.